The fraction of sp³-hybridized carbons (Fsp3) is 0.417. The molecule has 1 aromatic carbocycles. The number of methoxy groups -OCH3 is 1. The predicted octanol–water partition coefficient (Wildman–Crippen LogP) is 3.53. The van der Waals surface area contributed by atoms with Gasteiger partial charge in [-0.15, -0.1) is 0 Å². The van der Waals surface area contributed by atoms with Crippen molar-refractivity contribution in [2.24, 2.45) is 0 Å². The number of nitrogens with zero attached hydrogens (tertiary/aromatic N) is 6. The van der Waals surface area contributed by atoms with E-state index in [0.717, 1.165) is 66.5 Å². The summed E-state index contributed by atoms with van der Waals surface area (Å²) >= 11 is 0. The Bertz CT molecular complexity index is 977. The summed E-state index contributed by atoms with van der Waals surface area (Å²) in [6, 6.07) is 10.7. The van der Waals surface area contributed by atoms with Gasteiger partial charge in [0.05, 0.1) is 18.3 Å². The Hall–Kier alpha value is -2.90. The van der Waals surface area contributed by atoms with Gasteiger partial charge in [0.1, 0.15) is 5.82 Å². The summed E-state index contributed by atoms with van der Waals surface area (Å²) in [5, 5.41) is 0. The number of aromatic nitrogens is 4. The van der Waals surface area contributed by atoms with Crippen LogP contribution in [0.3, 0.4) is 0 Å². The van der Waals surface area contributed by atoms with Gasteiger partial charge in [-0.1, -0.05) is 30.3 Å². The van der Waals surface area contributed by atoms with Gasteiger partial charge in [-0.2, -0.15) is 0 Å². The summed E-state index contributed by atoms with van der Waals surface area (Å²) < 4.78 is 5.12. The van der Waals surface area contributed by atoms with E-state index in [1.165, 1.54) is 0 Å². The molecule has 0 amide bonds. The molecule has 0 saturated carbocycles. The Morgan fingerprint density at radius 1 is 1.06 bits per heavy atom. The number of benzene rings is 1. The van der Waals surface area contributed by atoms with Crippen molar-refractivity contribution in [3.05, 3.63) is 66.0 Å². The molecule has 31 heavy (non-hydrogen) atoms. The molecule has 2 aromatic heterocycles. The number of hydrogen-bond acceptors (Lipinski definition) is 7. The van der Waals surface area contributed by atoms with Gasteiger partial charge in [-0.3, -0.25) is 4.90 Å². The minimum absolute atomic E-state index is 0.241. The first-order chi connectivity index (χ1) is 15.2. The topological polar surface area (TPSA) is 67.3 Å². The van der Waals surface area contributed by atoms with Crippen LogP contribution in [0.2, 0.25) is 0 Å². The van der Waals surface area contributed by atoms with Gasteiger partial charge < -0.3 is 9.64 Å². The average molecular weight is 419 g/mol. The Labute approximate surface area is 184 Å². The molecule has 1 aliphatic heterocycles. The number of anilines is 1. The zero-order valence-corrected chi connectivity index (χ0v) is 18.5. The molecule has 1 aliphatic rings. The third-order valence-corrected chi connectivity index (χ3v) is 5.64. The quantitative estimate of drug-likeness (QED) is 0.554. The van der Waals surface area contributed by atoms with Crippen LogP contribution < -0.4 is 4.90 Å². The second-order valence-corrected chi connectivity index (χ2v) is 8.11. The van der Waals surface area contributed by atoms with Crippen LogP contribution in [0.4, 0.5) is 5.95 Å². The molecule has 3 aromatic rings. The third-order valence-electron chi connectivity index (χ3n) is 5.64. The molecule has 0 aliphatic carbocycles. The maximum atomic E-state index is 5.12. The second kappa shape index (κ2) is 9.94. The minimum Gasteiger partial charge on any atom is -0.384 e. The van der Waals surface area contributed by atoms with Gasteiger partial charge in [-0.25, -0.2) is 19.9 Å². The number of hydrogen-bond donors (Lipinski definition) is 0. The highest BCUT2D eigenvalue weighted by Gasteiger charge is 2.30. The predicted molar refractivity (Wildman–Crippen MR) is 122 cm³/mol. The molecule has 1 atom stereocenters. The first-order valence-electron chi connectivity index (χ1n) is 10.8. The Kier molecular flexibility index (Phi) is 6.84. The summed E-state index contributed by atoms with van der Waals surface area (Å²) in [6.45, 7) is 2.48. The molecule has 1 fully saturated rings. The molecule has 0 unspecified atom stereocenters. The first kappa shape index (κ1) is 21.3. The van der Waals surface area contributed by atoms with Crippen LogP contribution >= 0.6 is 0 Å². The highest BCUT2D eigenvalue weighted by atomic mass is 16.5. The number of rotatable bonds is 8. The van der Waals surface area contributed by atoms with Crippen molar-refractivity contribution in [1.29, 1.82) is 0 Å². The van der Waals surface area contributed by atoms with Crippen molar-refractivity contribution in [2.75, 3.05) is 39.3 Å². The number of likely N-dealkylation sites (tertiary alicyclic amines) is 1. The van der Waals surface area contributed by atoms with Gasteiger partial charge in [0, 0.05) is 63.9 Å². The van der Waals surface area contributed by atoms with E-state index in [1.54, 1.807) is 7.11 Å². The summed E-state index contributed by atoms with van der Waals surface area (Å²) in [4.78, 5) is 23.1. The largest absolute Gasteiger partial charge is 0.384 e. The maximum absolute atomic E-state index is 5.12. The van der Waals surface area contributed by atoms with Gasteiger partial charge in [0.2, 0.25) is 5.95 Å². The van der Waals surface area contributed by atoms with Gasteiger partial charge in [0.25, 0.3) is 0 Å². The van der Waals surface area contributed by atoms with Gasteiger partial charge >= 0.3 is 0 Å². The molecule has 0 N–H and O–H groups in total. The maximum Gasteiger partial charge on any atom is 0.225 e. The highest BCUT2D eigenvalue weighted by molar-refractivity contribution is 5.66. The number of ether oxygens (including phenoxy) is 1. The summed E-state index contributed by atoms with van der Waals surface area (Å²) in [7, 11) is 5.66. The summed E-state index contributed by atoms with van der Waals surface area (Å²) in [5.74, 6) is 1.56. The van der Waals surface area contributed by atoms with Crippen molar-refractivity contribution >= 4 is 5.95 Å². The summed E-state index contributed by atoms with van der Waals surface area (Å²) in [6.07, 6.45) is 8.81. The van der Waals surface area contributed by atoms with Crippen LogP contribution in [0.15, 0.2) is 48.9 Å². The fourth-order valence-electron chi connectivity index (χ4n) is 4.04. The van der Waals surface area contributed by atoms with Crippen molar-refractivity contribution in [1.82, 2.24) is 24.8 Å². The fourth-order valence-corrected chi connectivity index (χ4v) is 4.04. The molecular formula is C24H30N6O. The van der Waals surface area contributed by atoms with Crippen LogP contribution in [-0.4, -0.2) is 59.2 Å². The van der Waals surface area contributed by atoms with Crippen molar-refractivity contribution in [2.45, 2.75) is 31.8 Å². The van der Waals surface area contributed by atoms with E-state index >= 15 is 0 Å². The smallest absolute Gasteiger partial charge is 0.225 e. The first-order valence-corrected chi connectivity index (χ1v) is 10.8. The minimum atomic E-state index is 0.241. The van der Waals surface area contributed by atoms with E-state index < -0.39 is 0 Å². The molecular weight excluding hydrogens is 388 g/mol. The third kappa shape index (κ3) is 5.06. The van der Waals surface area contributed by atoms with Crippen LogP contribution in [0.5, 0.6) is 0 Å². The average Bonchev–Trinajstić information content (AvgIpc) is 3.26. The molecule has 0 radical (unpaired) electrons. The molecule has 7 nitrogen and oxygen atoms in total. The van der Waals surface area contributed by atoms with E-state index in [1.807, 2.05) is 43.7 Å². The molecule has 1 saturated heterocycles. The second-order valence-electron chi connectivity index (χ2n) is 8.11. The Morgan fingerprint density at radius 2 is 1.84 bits per heavy atom. The molecule has 4 rings (SSSR count). The highest BCUT2D eigenvalue weighted by Crippen LogP contribution is 2.37. The van der Waals surface area contributed by atoms with E-state index in [9.17, 15) is 0 Å². The lowest BCUT2D eigenvalue weighted by Crippen LogP contribution is -2.25. The zero-order valence-electron chi connectivity index (χ0n) is 18.5. The van der Waals surface area contributed by atoms with E-state index in [2.05, 4.69) is 44.1 Å². The Morgan fingerprint density at radius 3 is 2.55 bits per heavy atom. The molecule has 3 heterocycles. The summed E-state index contributed by atoms with van der Waals surface area (Å²) in [5.41, 5.74) is 4.48. The molecule has 0 bridgehead atoms. The van der Waals surface area contributed by atoms with Crippen molar-refractivity contribution in [3.8, 4) is 11.1 Å². The van der Waals surface area contributed by atoms with Crippen LogP contribution in [0, 0.1) is 0 Å². The van der Waals surface area contributed by atoms with E-state index in [0.29, 0.717) is 6.61 Å². The standard InChI is InChI=1S/C24H30N6O/c1-29(2)24-27-16-20(19-8-5-4-6-9-19)23(28-24)21-10-7-12-30(21)17-18-14-25-22(26-15-18)11-13-31-3/h4-6,8-9,14-16,21H,7,10-13,17H2,1-3H3/t21-/m0/s1. The zero-order chi connectivity index (χ0) is 21.6. The van der Waals surface area contributed by atoms with Gasteiger partial charge in [0.15, 0.2) is 0 Å². The normalized spacial score (nSPS) is 16.5. The molecule has 162 valence electrons. The Balaban J connectivity index is 1.61. The monoisotopic (exact) mass is 418 g/mol. The lowest BCUT2D eigenvalue weighted by molar-refractivity contribution is 0.200. The van der Waals surface area contributed by atoms with E-state index in [-0.39, 0.29) is 6.04 Å². The lowest BCUT2D eigenvalue weighted by Gasteiger charge is -2.26. The van der Waals surface area contributed by atoms with E-state index in [4.69, 9.17) is 9.72 Å². The van der Waals surface area contributed by atoms with Gasteiger partial charge in [-0.05, 0) is 24.9 Å². The molecule has 7 heteroatoms. The lowest BCUT2D eigenvalue weighted by atomic mass is 10.00. The van der Waals surface area contributed by atoms with Crippen LogP contribution in [-0.2, 0) is 17.7 Å². The van der Waals surface area contributed by atoms with Crippen LogP contribution in [0.25, 0.3) is 11.1 Å². The van der Waals surface area contributed by atoms with Crippen LogP contribution in [0.1, 0.15) is 36.0 Å². The SMILES string of the molecule is COCCc1ncc(CN2CCC[C@H]2c2nc(N(C)C)ncc2-c2ccccc2)cn1. The van der Waals surface area contributed by atoms with Crippen molar-refractivity contribution < 1.29 is 4.74 Å². The van der Waals surface area contributed by atoms with Crippen molar-refractivity contribution in [3.63, 3.8) is 0 Å². The molecule has 0 spiro atoms.